The molecule has 0 unspecified atom stereocenters. The molecule has 0 fully saturated rings. The van der Waals surface area contributed by atoms with E-state index in [4.69, 9.17) is 5.73 Å². The Kier molecular flexibility index (Phi) is 3.13. The molecule has 0 saturated carbocycles. The number of alkyl halides is 3. The summed E-state index contributed by atoms with van der Waals surface area (Å²) < 4.78 is 39.1. The number of H-pyrrole nitrogens is 1. The Hall–Kier alpha value is -2.18. The van der Waals surface area contributed by atoms with Crippen molar-refractivity contribution < 1.29 is 13.2 Å². The van der Waals surface area contributed by atoms with Crippen LogP contribution in [0.5, 0.6) is 0 Å². The largest absolute Gasteiger partial charge is 0.417 e. The zero-order valence-corrected chi connectivity index (χ0v) is 10.4. The fraction of sp³-hybridized carbons (Fsp3) is 0.250. The first kappa shape index (κ1) is 13.3. The summed E-state index contributed by atoms with van der Waals surface area (Å²) in [6, 6.07) is 3.92. The van der Waals surface area contributed by atoms with E-state index < -0.39 is 11.7 Å². The second-order valence-electron chi connectivity index (χ2n) is 4.32. The monoisotopic (exact) mass is 270 g/mol. The van der Waals surface area contributed by atoms with Gasteiger partial charge < -0.3 is 10.6 Å². The molecule has 4 nitrogen and oxygen atoms in total. The highest BCUT2D eigenvalue weighted by Gasteiger charge is 2.34. The number of halogens is 3. The standard InChI is InChI=1S/C12H13F3N4/c1-19(2)7-3-4-10(12(13,14)15)8(5-7)9-6-17-18-11(9)16/h3-6H,1-2H3,(H3,16,17,18). The molecule has 19 heavy (non-hydrogen) atoms. The third-order valence-electron chi connectivity index (χ3n) is 2.78. The zero-order chi connectivity index (χ0) is 14.2. The number of nitrogens with two attached hydrogens (primary N) is 1. The number of nitrogens with zero attached hydrogens (tertiary/aromatic N) is 2. The molecule has 2 aromatic rings. The van der Waals surface area contributed by atoms with Gasteiger partial charge in [0.05, 0.1) is 11.8 Å². The summed E-state index contributed by atoms with van der Waals surface area (Å²) in [5.41, 5.74) is 5.80. The Morgan fingerprint density at radius 1 is 1.21 bits per heavy atom. The maximum atomic E-state index is 13.0. The molecule has 0 radical (unpaired) electrons. The van der Waals surface area contributed by atoms with Crippen molar-refractivity contribution in [3.63, 3.8) is 0 Å². The molecule has 2 rings (SSSR count). The average Bonchev–Trinajstić information content (AvgIpc) is 2.73. The number of anilines is 2. The van der Waals surface area contributed by atoms with Gasteiger partial charge in [-0.3, -0.25) is 5.10 Å². The summed E-state index contributed by atoms with van der Waals surface area (Å²) in [6.07, 6.45) is -3.15. The number of nitrogen functional groups attached to an aromatic ring is 1. The van der Waals surface area contributed by atoms with Crippen LogP contribution in [0.2, 0.25) is 0 Å². The molecule has 3 N–H and O–H groups in total. The first-order valence-corrected chi connectivity index (χ1v) is 5.48. The summed E-state index contributed by atoms with van der Waals surface area (Å²) in [5.74, 6) is 0.112. The first-order valence-electron chi connectivity index (χ1n) is 5.48. The molecule has 0 aliphatic heterocycles. The predicted molar refractivity (Wildman–Crippen MR) is 67.8 cm³/mol. The second-order valence-corrected chi connectivity index (χ2v) is 4.32. The fourth-order valence-electron chi connectivity index (χ4n) is 1.79. The van der Waals surface area contributed by atoms with Crippen molar-refractivity contribution in [2.75, 3.05) is 24.7 Å². The van der Waals surface area contributed by atoms with E-state index in [-0.39, 0.29) is 16.9 Å². The minimum absolute atomic E-state index is 0.0185. The molecule has 7 heteroatoms. The maximum Gasteiger partial charge on any atom is 0.417 e. The van der Waals surface area contributed by atoms with Gasteiger partial charge in [-0.15, -0.1) is 0 Å². The maximum absolute atomic E-state index is 13.0. The summed E-state index contributed by atoms with van der Waals surface area (Å²) in [6.45, 7) is 0. The average molecular weight is 270 g/mol. The topological polar surface area (TPSA) is 57.9 Å². The van der Waals surface area contributed by atoms with Gasteiger partial charge in [-0.05, 0) is 18.2 Å². The fourth-order valence-corrected chi connectivity index (χ4v) is 1.79. The second kappa shape index (κ2) is 4.49. The number of nitrogens with one attached hydrogen (secondary N) is 1. The van der Waals surface area contributed by atoms with Gasteiger partial charge in [-0.1, -0.05) is 0 Å². The van der Waals surface area contributed by atoms with E-state index in [1.54, 1.807) is 19.0 Å². The van der Waals surface area contributed by atoms with Crippen LogP contribution >= 0.6 is 0 Å². The predicted octanol–water partition coefficient (Wildman–Crippen LogP) is 2.74. The van der Waals surface area contributed by atoms with E-state index in [1.807, 2.05) is 0 Å². The van der Waals surface area contributed by atoms with Crippen LogP contribution in [0.3, 0.4) is 0 Å². The lowest BCUT2D eigenvalue weighted by Crippen LogP contribution is -2.12. The van der Waals surface area contributed by atoms with E-state index in [1.165, 1.54) is 18.3 Å². The summed E-state index contributed by atoms with van der Waals surface area (Å²) in [5, 5.41) is 6.11. The Bertz CT molecular complexity index is 587. The van der Waals surface area contributed by atoms with E-state index in [2.05, 4.69) is 10.2 Å². The zero-order valence-electron chi connectivity index (χ0n) is 10.4. The van der Waals surface area contributed by atoms with Crippen molar-refractivity contribution >= 4 is 11.5 Å². The number of aromatic amines is 1. The Morgan fingerprint density at radius 2 is 1.89 bits per heavy atom. The van der Waals surface area contributed by atoms with Gasteiger partial charge >= 0.3 is 6.18 Å². The van der Waals surface area contributed by atoms with Crippen LogP contribution in [0.4, 0.5) is 24.7 Å². The Balaban J connectivity index is 2.67. The molecular formula is C12H13F3N4. The highest BCUT2D eigenvalue weighted by atomic mass is 19.4. The molecule has 102 valence electrons. The van der Waals surface area contributed by atoms with Crippen LogP contribution in [0, 0.1) is 0 Å². The van der Waals surface area contributed by atoms with Gasteiger partial charge in [-0.2, -0.15) is 18.3 Å². The first-order chi connectivity index (χ1) is 8.80. The molecular weight excluding hydrogens is 257 g/mol. The highest BCUT2D eigenvalue weighted by molar-refractivity contribution is 5.79. The van der Waals surface area contributed by atoms with Crippen molar-refractivity contribution in [3.8, 4) is 11.1 Å². The van der Waals surface area contributed by atoms with Crippen LogP contribution in [0.15, 0.2) is 24.4 Å². The van der Waals surface area contributed by atoms with Crippen LogP contribution in [0.1, 0.15) is 5.56 Å². The smallest absolute Gasteiger partial charge is 0.384 e. The SMILES string of the molecule is CN(C)c1ccc(C(F)(F)F)c(-c2cn[nH]c2N)c1. The quantitative estimate of drug-likeness (QED) is 0.882. The number of hydrogen-bond donors (Lipinski definition) is 2. The third-order valence-corrected chi connectivity index (χ3v) is 2.78. The number of benzene rings is 1. The lowest BCUT2D eigenvalue weighted by atomic mass is 10.00. The van der Waals surface area contributed by atoms with Crippen molar-refractivity contribution in [2.45, 2.75) is 6.18 Å². The van der Waals surface area contributed by atoms with Gasteiger partial charge in [0.1, 0.15) is 5.82 Å². The van der Waals surface area contributed by atoms with E-state index in [9.17, 15) is 13.2 Å². The summed E-state index contributed by atoms with van der Waals surface area (Å²) in [4.78, 5) is 1.72. The van der Waals surface area contributed by atoms with Crippen molar-refractivity contribution in [2.24, 2.45) is 0 Å². The Labute approximate surface area is 108 Å². The molecule has 1 aromatic heterocycles. The lowest BCUT2D eigenvalue weighted by molar-refractivity contribution is -0.137. The molecule has 1 heterocycles. The van der Waals surface area contributed by atoms with Gasteiger partial charge in [0.2, 0.25) is 0 Å². The number of rotatable bonds is 2. The third kappa shape index (κ3) is 2.49. The molecule has 0 aliphatic carbocycles. The van der Waals surface area contributed by atoms with E-state index in [0.29, 0.717) is 5.69 Å². The van der Waals surface area contributed by atoms with Gasteiger partial charge in [0.25, 0.3) is 0 Å². The summed E-state index contributed by atoms with van der Waals surface area (Å²) >= 11 is 0. The molecule has 0 spiro atoms. The van der Waals surface area contributed by atoms with E-state index in [0.717, 1.165) is 6.07 Å². The number of hydrogen-bond acceptors (Lipinski definition) is 3. The Morgan fingerprint density at radius 3 is 2.37 bits per heavy atom. The minimum atomic E-state index is -4.44. The molecule has 0 atom stereocenters. The highest BCUT2D eigenvalue weighted by Crippen LogP contribution is 2.40. The van der Waals surface area contributed by atoms with E-state index >= 15 is 0 Å². The minimum Gasteiger partial charge on any atom is -0.384 e. The van der Waals surface area contributed by atoms with Gasteiger partial charge in [0, 0.05) is 30.9 Å². The van der Waals surface area contributed by atoms with Gasteiger partial charge in [0.15, 0.2) is 0 Å². The molecule has 0 amide bonds. The van der Waals surface area contributed by atoms with Crippen LogP contribution in [-0.4, -0.2) is 24.3 Å². The molecule has 1 aromatic carbocycles. The van der Waals surface area contributed by atoms with Crippen molar-refractivity contribution in [3.05, 3.63) is 30.0 Å². The normalized spacial score (nSPS) is 11.6. The van der Waals surface area contributed by atoms with Crippen LogP contribution in [0.25, 0.3) is 11.1 Å². The van der Waals surface area contributed by atoms with Crippen molar-refractivity contribution in [1.29, 1.82) is 0 Å². The molecule has 0 bridgehead atoms. The van der Waals surface area contributed by atoms with Gasteiger partial charge in [-0.25, -0.2) is 0 Å². The number of aromatic nitrogens is 2. The van der Waals surface area contributed by atoms with Crippen molar-refractivity contribution in [1.82, 2.24) is 10.2 Å². The van der Waals surface area contributed by atoms with Crippen LogP contribution < -0.4 is 10.6 Å². The lowest BCUT2D eigenvalue weighted by Gasteiger charge is -2.17. The summed E-state index contributed by atoms with van der Waals surface area (Å²) in [7, 11) is 3.51. The van der Waals surface area contributed by atoms with Crippen LogP contribution in [-0.2, 0) is 6.18 Å². The molecule has 0 aliphatic rings. The molecule has 0 saturated heterocycles.